The van der Waals surface area contributed by atoms with Gasteiger partial charge in [0.05, 0.1) is 11.4 Å². The Labute approximate surface area is 156 Å². The lowest BCUT2D eigenvalue weighted by Gasteiger charge is -2.04. The summed E-state index contributed by atoms with van der Waals surface area (Å²) in [6, 6.07) is 13.5. The van der Waals surface area contributed by atoms with Crippen LogP contribution in [-0.4, -0.2) is 37.2 Å². The predicted octanol–water partition coefficient (Wildman–Crippen LogP) is 2.79. The molecule has 0 spiro atoms. The van der Waals surface area contributed by atoms with Gasteiger partial charge in [0.2, 0.25) is 0 Å². The highest BCUT2D eigenvalue weighted by molar-refractivity contribution is 5.93. The second-order valence-electron chi connectivity index (χ2n) is 6.44. The fraction of sp³-hybridized carbons (Fsp3) is 0.200. The molecular formula is C20H20N6O. The van der Waals surface area contributed by atoms with Gasteiger partial charge in [-0.05, 0) is 31.4 Å². The standard InChI is InChI=1S/C20H20N6O/c1-14-10-19-22-12-15(13-26(19)25-14)6-5-9-21-20(27)18-11-17(23-24-18)16-7-3-2-4-8-16/h2-4,7-8,10-13H,5-6,9H2,1H3,(H,21,27)(H,23,24). The van der Waals surface area contributed by atoms with E-state index < -0.39 is 0 Å². The van der Waals surface area contributed by atoms with Gasteiger partial charge < -0.3 is 5.32 Å². The highest BCUT2D eigenvalue weighted by Gasteiger charge is 2.10. The number of aryl methyl sites for hydroxylation is 2. The van der Waals surface area contributed by atoms with E-state index in [1.807, 2.05) is 55.7 Å². The summed E-state index contributed by atoms with van der Waals surface area (Å²) in [5, 5.41) is 14.3. The molecule has 7 heteroatoms. The zero-order valence-corrected chi connectivity index (χ0v) is 15.0. The van der Waals surface area contributed by atoms with Gasteiger partial charge in [-0.2, -0.15) is 10.2 Å². The first-order valence-corrected chi connectivity index (χ1v) is 8.89. The van der Waals surface area contributed by atoms with Crippen LogP contribution in [0.25, 0.3) is 16.9 Å². The summed E-state index contributed by atoms with van der Waals surface area (Å²) in [5.41, 5.74) is 5.08. The molecule has 0 aliphatic heterocycles. The van der Waals surface area contributed by atoms with Crippen LogP contribution < -0.4 is 5.32 Å². The quantitative estimate of drug-likeness (QED) is 0.518. The van der Waals surface area contributed by atoms with Crippen LogP contribution in [0.3, 0.4) is 0 Å². The zero-order valence-electron chi connectivity index (χ0n) is 15.0. The van der Waals surface area contributed by atoms with Crippen molar-refractivity contribution in [2.45, 2.75) is 19.8 Å². The van der Waals surface area contributed by atoms with Crippen LogP contribution in [0.1, 0.15) is 28.2 Å². The van der Waals surface area contributed by atoms with Crippen molar-refractivity contribution in [2.75, 3.05) is 6.54 Å². The Kier molecular flexibility index (Phi) is 4.65. The first-order valence-electron chi connectivity index (χ1n) is 8.89. The van der Waals surface area contributed by atoms with E-state index in [9.17, 15) is 4.79 Å². The van der Waals surface area contributed by atoms with E-state index in [-0.39, 0.29) is 5.91 Å². The lowest BCUT2D eigenvalue weighted by molar-refractivity contribution is 0.0948. The van der Waals surface area contributed by atoms with E-state index in [0.29, 0.717) is 12.2 Å². The molecule has 0 unspecified atom stereocenters. The normalized spacial score (nSPS) is 11.0. The number of carbonyl (C=O) groups excluding carboxylic acids is 1. The van der Waals surface area contributed by atoms with Crippen molar-refractivity contribution in [3.05, 3.63) is 71.8 Å². The summed E-state index contributed by atoms with van der Waals surface area (Å²) in [4.78, 5) is 16.7. The SMILES string of the molecule is Cc1cc2ncc(CCCNC(=O)c3cc(-c4ccccc4)n[nH]3)cn2n1. The summed E-state index contributed by atoms with van der Waals surface area (Å²) in [6.45, 7) is 2.53. The third-order valence-electron chi connectivity index (χ3n) is 4.31. The second-order valence-corrected chi connectivity index (χ2v) is 6.44. The average Bonchev–Trinajstić information content (AvgIpc) is 3.31. The van der Waals surface area contributed by atoms with Crippen molar-refractivity contribution in [2.24, 2.45) is 0 Å². The number of hydrogen-bond donors (Lipinski definition) is 2. The lowest BCUT2D eigenvalue weighted by Crippen LogP contribution is -2.25. The molecule has 4 rings (SSSR count). The fourth-order valence-corrected chi connectivity index (χ4v) is 2.95. The Hall–Kier alpha value is -3.48. The average molecular weight is 360 g/mol. The molecule has 7 nitrogen and oxygen atoms in total. The number of nitrogens with one attached hydrogen (secondary N) is 2. The number of aromatic amines is 1. The van der Waals surface area contributed by atoms with Gasteiger partial charge in [0.25, 0.3) is 5.91 Å². The van der Waals surface area contributed by atoms with E-state index >= 15 is 0 Å². The molecule has 0 atom stereocenters. The summed E-state index contributed by atoms with van der Waals surface area (Å²) in [7, 11) is 0. The van der Waals surface area contributed by atoms with Crippen molar-refractivity contribution < 1.29 is 4.79 Å². The molecular weight excluding hydrogens is 340 g/mol. The Morgan fingerprint density at radius 2 is 2.07 bits per heavy atom. The van der Waals surface area contributed by atoms with E-state index in [2.05, 4.69) is 25.6 Å². The third kappa shape index (κ3) is 3.87. The maximum atomic E-state index is 12.3. The van der Waals surface area contributed by atoms with Crippen LogP contribution in [-0.2, 0) is 6.42 Å². The molecule has 3 heterocycles. The molecule has 27 heavy (non-hydrogen) atoms. The molecule has 0 aliphatic carbocycles. The Bertz CT molecular complexity index is 1070. The molecule has 0 fully saturated rings. The molecule has 136 valence electrons. The molecule has 0 bridgehead atoms. The molecule has 0 saturated heterocycles. The van der Waals surface area contributed by atoms with Crippen LogP contribution >= 0.6 is 0 Å². The van der Waals surface area contributed by atoms with Gasteiger partial charge in [-0.3, -0.25) is 9.89 Å². The Morgan fingerprint density at radius 3 is 2.93 bits per heavy atom. The minimum atomic E-state index is -0.152. The number of benzene rings is 1. The number of hydrogen-bond acceptors (Lipinski definition) is 4. The summed E-state index contributed by atoms with van der Waals surface area (Å²) < 4.78 is 1.79. The van der Waals surface area contributed by atoms with E-state index in [1.165, 1.54) is 0 Å². The first-order chi connectivity index (χ1) is 13.2. The molecule has 1 aromatic carbocycles. The molecule has 0 aliphatic rings. The molecule has 1 amide bonds. The van der Waals surface area contributed by atoms with Gasteiger partial charge in [0.1, 0.15) is 5.69 Å². The van der Waals surface area contributed by atoms with E-state index in [4.69, 9.17) is 0 Å². The summed E-state index contributed by atoms with van der Waals surface area (Å²) in [6.07, 6.45) is 5.48. The van der Waals surface area contributed by atoms with Gasteiger partial charge in [0.15, 0.2) is 5.65 Å². The first kappa shape index (κ1) is 17.0. The topological polar surface area (TPSA) is 88.0 Å². The predicted molar refractivity (Wildman–Crippen MR) is 102 cm³/mol. The van der Waals surface area contributed by atoms with Gasteiger partial charge in [-0.25, -0.2) is 9.50 Å². The molecule has 4 aromatic rings. The van der Waals surface area contributed by atoms with Crippen LogP contribution in [0.5, 0.6) is 0 Å². The summed E-state index contributed by atoms with van der Waals surface area (Å²) >= 11 is 0. The summed E-state index contributed by atoms with van der Waals surface area (Å²) in [5.74, 6) is -0.152. The number of rotatable bonds is 6. The fourth-order valence-electron chi connectivity index (χ4n) is 2.95. The monoisotopic (exact) mass is 360 g/mol. The largest absolute Gasteiger partial charge is 0.351 e. The van der Waals surface area contributed by atoms with Crippen molar-refractivity contribution >= 4 is 11.6 Å². The van der Waals surface area contributed by atoms with Gasteiger partial charge in [-0.15, -0.1) is 0 Å². The van der Waals surface area contributed by atoms with E-state index in [0.717, 1.165) is 41.0 Å². The van der Waals surface area contributed by atoms with E-state index in [1.54, 1.807) is 10.6 Å². The minimum absolute atomic E-state index is 0.152. The smallest absolute Gasteiger partial charge is 0.269 e. The van der Waals surface area contributed by atoms with Gasteiger partial charge in [-0.1, -0.05) is 30.3 Å². The Morgan fingerprint density at radius 1 is 1.22 bits per heavy atom. The number of carbonyl (C=O) groups is 1. The van der Waals surface area contributed by atoms with Crippen molar-refractivity contribution in [1.82, 2.24) is 30.1 Å². The Balaban J connectivity index is 1.29. The van der Waals surface area contributed by atoms with Crippen molar-refractivity contribution in [3.63, 3.8) is 0 Å². The van der Waals surface area contributed by atoms with Gasteiger partial charge >= 0.3 is 0 Å². The van der Waals surface area contributed by atoms with Crippen LogP contribution in [0.2, 0.25) is 0 Å². The highest BCUT2D eigenvalue weighted by atomic mass is 16.1. The number of amides is 1. The van der Waals surface area contributed by atoms with Crippen LogP contribution in [0.4, 0.5) is 0 Å². The lowest BCUT2D eigenvalue weighted by atomic mass is 10.1. The second kappa shape index (κ2) is 7.41. The number of fused-ring (bicyclic) bond motifs is 1. The minimum Gasteiger partial charge on any atom is -0.351 e. The van der Waals surface area contributed by atoms with Crippen molar-refractivity contribution in [1.29, 1.82) is 0 Å². The molecule has 3 aromatic heterocycles. The number of aromatic nitrogens is 5. The third-order valence-corrected chi connectivity index (χ3v) is 4.31. The molecule has 0 radical (unpaired) electrons. The maximum Gasteiger partial charge on any atom is 0.269 e. The highest BCUT2D eigenvalue weighted by Crippen LogP contribution is 2.16. The molecule has 2 N–H and O–H groups in total. The molecule has 0 saturated carbocycles. The number of H-pyrrole nitrogens is 1. The van der Waals surface area contributed by atoms with Crippen LogP contribution in [0, 0.1) is 6.92 Å². The van der Waals surface area contributed by atoms with Crippen LogP contribution in [0.15, 0.2) is 54.9 Å². The van der Waals surface area contributed by atoms with Crippen molar-refractivity contribution in [3.8, 4) is 11.3 Å². The van der Waals surface area contributed by atoms with Gasteiger partial charge in [0, 0.05) is 30.6 Å². The maximum absolute atomic E-state index is 12.3. The zero-order chi connectivity index (χ0) is 18.6. The number of nitrogens with zero attached hydrogens (tertiary/aromatic N) is 4.